The Morgan fingerprint density at radius 1 is 1.42 bits per heavy atom. The van der Waals surface area contributed by atoms with Crippen molar-refractivity contribution in [2.75, 3.05) is 5.75 Å². The molecule has 2 rings (SSSR count). The van der Waals surface area contributed by atoms with E-state index in [0.29, 0.717) is 10.6 Å². The van der Waals surface area contributed by atoms with Crippen molar-refractivity contribution in [3.8, 4) is 17.2 Å². The number of hydrazine groups is 1. The Bertz CT molecular complexity index is 965. The van der Waals surface area contributed by atoms with Crippen LogP contribution in [0.4, 0.5) is 0 Å². The molecule has 26 heavy (non-hydrogen) atoms. The van der Waals surface area contributed by atoms with Gasteiger partial charge in [-0.3, -0.25) is 4.79 Å². The van der Waals surface area contributed by atoms with Gasteiger partial charge in [0.25, 0.3) is 5.56 Å². The van der Waals surface area contributed by atoms with Crippen LogP contribution >= 0.6 is 23.4 Å². The van der Waals surface area contributed by atoms with Crippen molar-refractivity contribution >= 4 is 35.2 Å². The Hall–Kier alpha value is -3.00. The Morgan fingerprint density at radius 2 is 2.08 bits per heavy atom. The number of rotatable bonds is 5. The fourth-order valence-electron chi connectivity index (χ4n) is 2.16. The predicted molar refractivity (Wildman–Crippen MR) is 98.9 cm³/mol. The average Bonchev–Trinajstić information content (AvgIpc) is 2.62. The lowest BCUT2D eigenvalue weighted by Gasteiger charge is -2.12. The van der Waals surface area contributed by atoms with Gasteiger partial charge in [0.1, 0.15) is 17.5 Å². The van der Waals surface area contributed by atoms with E-state index in [2.05, 4.69) is 15.5 Å². The van der Waals surface area contributed by atoms with Gasteiger partial charge in [-0.2, -0.15) is 10.4 Å². The second kappa shape index (κ2) is 8.39. The Kier molecular flexibility index (Phi) is 6.24. The summed E-state index contributed by atoms with van der Waals surface area (Å²) in [4.78, 5) is 26.3. The highest BCUT2D eigenvalue weighted by Crippen LogP contribution is 2.32. The van der Waals surface area contributed by atoms with Crippen molar-refractivity contribution in [1.82, 2.24) is 10.4 Å². The van der Waals surface area contributed by atoms with Gasteiger partial charge in [-0.05, 0) is 17.7 Å². The number of hydrazone groups is 1. The maximum atomic E-state index is 12.3. The number of pyridine rings is 1. The number of nitrogens with two attached hydrogens (primary N) is 2. The third kappa shape index (κ3) is 3.97. The monoisotopic (exact) mass is 392 g/mol. The largest absolute Gasteiger partial charge is 0.477 e. The first-order valence-electron chi connectivity index (χ1n) is 6.98. The second-order valence-electron chi connectivity index (χ2n) is 4.84. The highest BCUT2D eigenvalue weighted by atomic mass is 35.5. The Morgan fingerprint density at radius 3 is 2.58 bits per heavy atom. The summed E-state index contributed by atoms with van der Waals surface area (Å²) >= 11 is 6.88. The quantitative estimate of drug-likeness (QED) is 0.165. The lowest BCUT2D eigenvalue weighted by molar-refractivity contribution is 0.0695. The zero-order valence-electron chi connectivity index (χ0n) is 13.1. The molecule has 2 aromatic rings. The molecule has 0 saturated heterocycles. The molecule has 0 amide bonds. The molecule has 9 nitrogen and oxygen atoms in total. The number of halogens is 1. The normalized spacial score (nSPS) is 11.0. The number of nitrogens with zero attached hydrogens (tertiary/aromatic N) is 2. The first kappa shape index (κ1) is 19.3. The smallest absolute Gasteiger partial charge is 0.342 e. The predicted octanol–water partition coefficient (Wildman–Crippen LogP) is 1.09. The van der Waals surface area contributed by atoms with E-state index in [-0.39, 0.29) is 27.7 Å². The molecule has 0 aliphatic heterocycles. The Balaban J connectivity index is 2.70. The number of thioether (sulfide) groups is 1. The van der Waals surface area contributed by atoms with E-state index >= 15 is 0 Å². The number of aromatic carboxylic acids is 1. The van der Waals surface area contributed by atoms with E-state index in [1.54, 1.807) is 0 Å². The molecular formula is C15H13ClN6O3S. The lowest BCUT2D eigenvalue weighted by atomic mass is 9.97. The molecule has 0 spiro atoms. The molecule has 1 heterocycles. The molecule has 0 radical (unpaired) electrons. The summed E-state index contributed by atoms with van der Waals surface area (Å²) in [6, 6.07) is 8.09. The molecule has 134 valence electrons. The average molecular weight is 393 g/mol. The van der Waals surface area contributed by atoms with Crippen LogP contribution in [0.1, 0.15) is 15.9 Å². The third-order valence-corrected chi connectivity index (χ3v) is 4.58. The number of amidine groups is 1. The van der Waals surface area contributed by atoms with Crippen LogP contribution in [0.3, 0.4) is 0 Å². The van der Waals surface area contributed by atoms with Crippen LogP contribution in [0.15, 0.2) is 39.2 Å². The maximum absolute atomic E-state index is 12.3. The summed E-state index contributed by atoms with van der Waals surface area (Å²) in [5.41, 5.74) is 1.30. The summed E-state index contributed by atoms with van der Waals surface area (Å²) in [7, 11) is 0. The minimum absolute atomic E-state index is 0.00251. The number of hydrogen-bond acceptors (Lipinski definition) is 7. The van der Waals surface area contributed by atoms with Gasteiger partial charge in [0.15, 0.2) is 0 Å². The number of H-pyrrole nitrogens is 1. The van der Waals surface area contributed by atoms with Crippen LogP contribution in [0.25, 0.3) is 11.1 Å². The molecule has 7 N–H and O–H groups in total. The first-order chi connectivity index (χ1) is 12.4. The molecule has 0 atom stereocenters. The van der Waals surface area contributed by atoms with Crippen LogP contribution < -0.4 is 22.7 Å². The fourth-order valence-corrected chi connectivity index (χ4v) is 3.18. The molecule has 1 aromatic carbocycles. The van der Waals surface area contributed by atoms with Crippen molar-refractivity contribution in [1.29, 1.82) is 5.26 Å². The van der Waals surface area contributed by atoms with Gasteiger partial charge in [0.05, 0.1) is 16.3 Å². The van der Waals surface area contributed by atoms with E-state index in [9.17, 15) is 20.0 Å². The SMILES string of the molecule is N#Cc1c(SC/C(=N/N)NN)[nH]c(=O)c(C(=O)O)c1-c1ccc(Cl)cc1. The van der Waals surface area contributed by atoms with E-state index in [1.165, 1.54) is 24.3 Å². The van der Waals surface area contributed by atoms with Crippen molar-refractivity contribution in [3.05, 3.63) is 50.8 Å². The number of aromatic amines is 1. The van der Waals surface area contributed by atoms with E-state index < -0.39 is 17.1 Å². The van der Waals surface area contributed by atoms with Gasteiger partial charge in [-0.15, -0.1) is 0 Å². The van der Waals surface area contributed by atoms with Gasteiger partial charge < -0.3 is 21.4 Å². The highest BCUT2D eigenvalue weighted by Gasteiger charge is 2.24. The summed E-state index contributed by atoms with van der Waals surface area (Å²) in [6.07, 6.45) is 0. The zero-order valence-corrected chi connectivity index (χ0v) is 14.7. The molecule has 0 saturated carbocycles. The van der Waals surface area contributed by atoms with E-state index in [0.717, 1.165) is 11.8 Å². The second-order valence-corrected chi connectivity index (χ2v) is 6.26. The minimum atomic E-state index is -1.45. The molecule has 0 fully saturated rings. The Labute approximate surface area is 156 Å². The molecule has 0 aliphatic rings. The summed E-state index contributed by atoms with van der Waals surface area (Å²) in [5, 5.41) is 23.0. The number of carbonyl (C=O) groups is 1. The topological polar surface area (TPSA) is 170 Å². The molecule has 0 unspecified atom stereocenters. The first-order valence-corrected chi connectivity index (χ1v) is 8.35. The summed E-state index contributed by atoms with van der Waals surface area (Å²) < 4.78 is 0. The molecule has 1 aromatic heterocycles. The van der Waals surface area contributed by atoms with Crippen molar-refractivity contribution in [3.63, 3.8) is 0 Å². The standard InChI is InChI=1S/C15H13ClN6O3S/c16-8-3-1-7(2-4-8)11-9(5-17)14(26-6-10(21-18)22-19)20-13(23)12(11)15(24)25/h1-4H,6,18-19H2,(H,20,23)(H,21,22)(H,24,25). The van der Waals surface area contributed by atoms with Gasteiger partial charge in [0.2, 0.25) is 0 Å². The van der Waals surface area contributed by atoms with Gasteiger partial charge in [0, 0.05) is 10.6 Å². The summed E-state index contributed by atoms with van der Waals surface area (Å²) in [6.45, 7) is 0. The van der Waals surface area contributed by atoms with Crippen molar-refractivity contribution < 1.29 is 9.90 Å². The van der Waals surface area contributed by atoms with Crippen LogP contribution in [0.5, 0.6) is 0 Å². The van der Waals surface area contributed by atoms with Crippen LogP contribution in [0, 0.1) is 11.3 Å². The van der Waals surface area contributed by atoms with Crippen LogP contribution in [-0.4, -0.2) is 27.6 Å². The third-order valence-electron chi connectivity index (χ3n) is 3.32. The number of hydrogen-bond donors (Lipinski definition) is 5. The van der Waals surface area contributed by atoms with Crippen LogP contribution in [0.2, 0.25) is 5.02 Å². The molecule has 0 bridgehead atoms. The zero-order chi connectivity index (χ0) is 19.3. The van der Waals surface area contributed by atoms with Gasteiger partial charge >= 0.3 is 5.97 Å². The fraction of sp³-hybridized carbons (Fsp3) is 0.0667. The lowest BCUT2D eigenvalue weighted by Crippen LogP contribution is -2.33. The van der Waals surface area contributed by atoms with Crippen molar-refractivity contribution in [2.45, 2.75) is 5.03 Å². The number of nitrogens with one attached hydrogen (secondary N) is 2. The molecule has 11 heteroatoms. The number of benzene rings is 1. The highest BCUT2D eigenvalue weighted by molar-refractivity contribution is 8.00. The van der Waals surface area contributed by atoms with Gasteiger partial charge in [-0.1, -0.05) is 35.5 Å². The maximum Gasteiger partial charge on any atom is 0.342 e. The summed E-state index contributed by atoms with van der Waals surface area (Å²) in [5.74, 6) is 9.30. The minimum Gasteiger partial charge on any atom is -0.477 e. The number of nitriles is 1. The molecular weight excluding hydrogens is 380 g/mol. The van der Waals surface area contributed by atoms with E-state index in [4.69, 9.17) is 23.3 Å². The number of aromatic nitrogens is 1. The van der Waals surface area contributed by atoms with Crippen molar-refractivity contribution in [2.24, 2.45) is 16.8 Å². The van der Waals surface area contributed by atoms with Gasteiger partial charge in [-0.25, -0.2) is 10.6 Å². The number of carboxylic acid groups (broad SMARTS) is 1. The van der Waals surface area contributed by atoms with E-state index in [1.807, 2.05) is 6.07 Å². The number of carboxylic acids is 1. The molecule has 0 aliphatic carbocycles. The van der Waals surface area contributed by atoms with Crippen LogP contribution in [-0.2, 0) is 0 Å².